The maximum Gasteiger partial charge on any atom is 0.355 e. The summed E-state index contributed by atoms with van der Waals surface area (Å²) in [5, 5.41) is 0. The number of rotatable bonds is 4. The minimum absolute atomic E-state index is 0.0286. The van der Waals surface area contributed by atoms with E-state index in [2.05, 4.69) is 11.7 Å². The van der Waals surface area contributed by atoms with E-state index in [0.717, 1.165) is 0 Å². The third-order valence-electron chi connectivity index (χ3n) is 0.869. The Hall–Kier alpha value is -0.180. The van der Waals surface area contributed by atoms with E-state index in [-0.39, 0.29) is 13.0 Å². The van der Waals surface area contributed by atoms with Crippen LogP contribution in [-0.4, -0.2) is 12.7 Å². The fraction of sp³-hybridized carbons (Fsp3) is 0.833. The van der Waals surface area contributed by atoms with E-state index in [9.17, 15) is 8.78 Å². The second-order valence-electron chi connectivity index (χ2n) is 1.69. The van der Waals surface area contributed by atoms with Crippen molar-refractivity contribution in [3.8, 4) is 0 Å². The van der Waals surface area contributed by atoms with Gasteiger partial charge in [0.1, 0.15) is 0 Å². The van der Waals surface area contributed by atoms with Crippen molar-refractivity contribution in [3.05, 3.63) is 6.92 Å². The first-order valence-electron chi connectivity index (χ1n) is 2.93. The number of halogens is 2. The average Bonchev–Trinajstić information content (AvgIpc) is 1.84. The predicted octanol–water partition coefficient (Wildman–Crippen LogP) is 2.23. The molecule has 0 unspecified atom stereocenters. The predicted molar refractivity (Wildman–Crippen MR) is 31.2 cm³/mol. The summed E-state index contributed by atoms with van der Waals surface area (Å²) in [6.07, 6.45) is -2.83. The van der Waals surface area contributed by atoms with Gasteiger partial charge in [0.15, 0.2) is 0 Å². The third kappa shape index (κ3) is 4.33. The Balaban J connectivity index is 3.33. The van der Waals surface area contributed by atoms with E-state index in [1.54, 1.807) is 0 Å². The first-order chi connectivity index (χ1) is 4.12. The molecule has 0 aromatic heterocycles. The molecule has 0 saturated heterocycles. The van der Waals surface area contributed by atoms with Gasteiger partial charge in [-0.2, -0.15) is 8.78 Å². The van der Waals surface area contributed by atoms with Crippen LogP contribution in [0.4, 0.5) is 8.78 Å². The summed E-state index contributed by atoms with van der Waals surface area (Å²) >= 11 is 0. The Morgan fingerprint density at radius 3 is 2.44 bits per heavy atom. The second-order valence-corrected chi connectivity index (χ2v) is 1.69. The van der Waals surface area contributed by atoms with Crippen molar-refractivity contribution in [2.75, 3.05) is 6.61 Å². The largest absolute Gasteiger partial charge is 0.355 e. The summed E-state index contributed by atoms with van der Waals surface area (Å²) in [4.78, 5) is 0. The molecule has 1 radical (unpaired) electrons. The molecule has 0 saturated carbocycles. The number of hydrogen-bond donors (Lipinski definition) is 0. The van der Waals surface area contributed by atoms with Crippen LogP contribution in [0.1, 0.15) is 19.8 Å². The van der Waals surface area contributed by atoms with Crippen molar-refractivity contribution >= 4 is 0 Å². The molecule has 0 bridgehead atoms. The Labute approximate surface area is 54.0 Å². The molecule has 0 amide bonds. The molecule has 0 heterocycles. The summed E-state index contributed by atoms with van der Waals surface area (Å²) in [7, 11) is 0. The highest BCUT2D eigenvalue weighted by molar-refractivity contribution is 4.47. The normalized spacial score (nSPS) is 12.0. The highest BCUT2D eigenvalue weighted by Gasteiger charge is 2.25. The SMILES string of the molecule is [CH2]CCOC(F)(F)CC. The van der Waals surface area contributed by atoms with Gasteiger partial charge < -0.3 is 4.74 Å². The minimum atomic E-state index is -2.95. The Morgan fingerprint density at radius 2 is 2.11 bits per heavy atom. The lowest BCUT2D eigenvalue weighted by molar-refractivity contribution is -0.238. The lowest BCUT2D eigenvalue weighted by Crippen LogP contribution is -2.19. The van der Waals surface area contributed by atoms with Crippen molar-refractivity contribution in [1.29, 1.82) is 0 Å². The van der Waals surface area contributed by atoms with E-state index in [1.165, 1.54) is 6.92 Å². The summed E-state index contributed by atoms with van der Waals surface area (Å²) in [6.45, 7) is 4.77. The molecule has 9 heavy (non-hydrogen) atoms. The van der Waals surface area contributed by atoms with Gasteiger partial charge in [-0.15, -0.1) is 0 Å². The molecular weight excluding hydrogens is 126 g/mol. The molecule has 0 aliphatic rings. The maximum atomic E-state index is 12.1. The van der Waals surface area contributed by atoms with Gasteiger partial charge in [0, 0.05) is 6.42 Å². The maximum absolute atomic E-state index is 12.1. The summed E-state index contributed by atoms with van der Waals surface area (Å²) in [6, 6.07) is 0. The molecule has 0 aliphatic heterocycles. The van der Waals surface area contributed by atoms with Gasteiger partial charge in [0.2, 0.25) is 0 Å². The monoisotopic (exact) mass is 137 g/mol. The average molecular weight is 137 g/mol. The molecular formula is C6H11F2O. The van der Waals surface area contributed by atoms with E-state index in [4.69, 9.17) is 0 Å². The summed E-state index contributed by atoms with van der Waals surface area (Å²) in [5.74, 6) is 0. The number of alkyl halides is 2. The molecule has 0 fully saturated rings. The number of ether oxygens (including phenoxy) is 1. The standard InChI is InChI=1S/C6H11F2O/c1-3-5-9-6(7,8)4-2/h1,3-5H2,2H3. The zero-order valence-electron chi connectivity index (χ0n) is 5.49. The van der Waals surface area contributed by atoms with E-state index in [1.807, 2.05) is 0 Å². The lowest BCUT2D eigenvalue weighted by atomic mass is 10.4. The number of hydrogen-bond acceptors (Lipinski definition) is 1. The molecule has 0 N–H and O–H groups in total. The molecule has 0 aliphatic carbocycles. The molecule has 0 spiro atoms. The zero-order chi connectivity index (χ0) is 7.33. The van der Waals surface area contributed by atoms with E-state index >= 15 is 0 Å². The zero-order valence-corrected chi connectivity index (χ0v) is 5.49. The molecule has 3 heteroatoms. The molecule has 0 aromatic carbocycles. The molecule has 0 aromatic rings. The van der Waals surface area contributed by atoms with Crippen molar-refractivity contribution in [1.82, 2.24) is 0 Å². The van der Waals surface area contributed by atoms with Crippen molar-refractivity contribution in [2.45, 2.75) is 25.9 Å². The molecule has 0 rings (SSSR count). The third-order valence-corrected chi connectivity index (χ3v) is 0.869. The molecule has 0 atom stereocenters. The van der Waals surface area contributed by atoms with Gasteiger partial charge in [0.05, 0.1) is 6.61 Å². The van der Waals surface area contributed by atoms with Crippen LogP contribution in [0.2, 0.25) is 0 Å². The van der Waals surface area contributed by atoms with Crippen LogP contribution < -0.4 is 0 Å². The van der Waals surface area contributed by atoms with Gasteiger partial charge in [-0.25, -0.2) is 0 Å². The van der Waals surface area contributed by atoms with E-state index < -0.39 is 6.11 Å². The first-order valence-corrected chi connectivity index (χ1v) is 2.93. The van der Waals surface area contributed by atoms with Gasteiger partial charge in [-0.05, 0) is 6.42 Å². The minimum Gasteiger partial charge on any atom is -0.321 e. The van der Waals surface area contributed by atoms with Crippen LogP contribution in [-0.2, 0) is 4.74 Å². The van der Waals surface area contributed by atoms with Crippen molar-refractivity contribution in [2.24, 2.45) is 0 Å². The fourth-order valence-electron chi connectivity index (χ4n) is 0.324. The van der Waals surface area contributed by atoms with Crippen molar-refractivity contribution < 1.29 is 13.5 Å². The molecule has 1 nitrogen and oxygen atoms in total. The quantitative estimate of drug-likeness (QED) is 0.577. The van der Waals surface area contributed by atoms with Gasteiger partial charge in [-0.1, -0.05) is 13.8 Å². The topological polar surface area (TPSA) is 9.23 Å². The van der Waals surface area contributed by atoms with Crippen LogP contribution in [0, 0.1) is 6.92 Å². The van der Waals surface area contributed by atoms with Gasteiger partial charge in [-0.3, -0.25) is 0 Å². The highest BCUT2D eigenvalue weighted by atomic mass is 19.3. The van der Waals surface area contributed by atoms with Crippen LogP contribution in [0.5, 0.6) is 0 Å². The van der Waals surface area contributed by atoms with Crippen LogP contribution in [0.15, 0.2) is 0 Å². The van der Waals surface area contributed by atoms with Crippen molar-refractivity contribution in [3.63, 3.8) is 0 Å². The Bertz CT molecular complexity index is 73.5. The summed E-state index contributed by atoms with van der Waals surface area (Å²) < 4.78 is 28.3. The second kappa shape index (κ2) is 3.77. The fourth-order valence-corrected chi connectivity index (χ4v) is 0.324. The highest BCUT2D eigenvalue weighted by Crippen LogP contribution is 2.18. The van der Waals surface area contributed by atoms with E-state index in [0.29, 0.717) is 6.42 Å². The Kier molecular flexibility index (Phi) is 3.70. The van der Waals surface area contributed by atoms with Gasteiger partial charge in [0.25, 0.3) is 0 Å². The Morgan fingerprint density at radius 1 is 1.56 bits per heavy atom. The first kappa shape index (κ1) is 8.82. The van der Waals surface area contributed by atoms with Crippen LogP contribution in [0.25, 0.3) is 0 Å². The lowest BCUT2D eigenvalue weighted by Gasteiger charge is -2.12. The van der Waals surface area contributed by atoms with Crippen LogP contribution in [0.3, 0.4) is 0 Å². The smallest absolute Gasteiger partial charge is 0.321 e. The summed E-state index contributed by atoms with van der Waals surface area (Å²) in [5.41, 5.74) is 0. The van der Waals surface area contributed by atoms with Gasteiger partial charge >= 0.3 is 6.11 Å². The van der Waals surface area contributed by atoms with Crippen LogP contribution >= 0.6 is 0 Å². The molecule has 55 valence electrons.